The summed E-state index contributed by atoms with van der Waals surface area (Å²) in [5, 5.41) is -3.46. The Kier molecular flexibility index (Phi) is 3.62. The molecule has 0 aliphatic rings. The third-order valence-corrected chi connectivity index (χ3v) is 1.65. The highest BCUT2D eigenvalue weighted by atomic mass is 79.9. The standard InChI is InChI=1S/C9H7BrF2O3/c1-14-8(13)6-3-2-4-7(5-6)15-9(10,11)12/h2-5H,1H3. The largest absolute Gasteiger partial charge is 0.465 e. The van der Waals surface area contributed by atoms with Gasteiger partial charge in [0.25, 0.3) is 0 Å². The number of hydrogen-bond donors (Lipinski definition) is 0. The molecule has 0 fully saturated rings. The summed E-state index contributed by atoms with van der Waals surface area (Å²) in [6.45, 7) is 0. The fourth-order valence-electron chi connectivity index (χ4n) is 0.938. The van der Waals surface area contributed by atoms with E-state index in [4.69, 9.17) is 0 Å². The van der Waals surface area contributed by atoms with Gasteiger partial charge in [-0.25, -0.2) is 4.79 Å². The van der Waals surface area contributed by atoms with Crippen LogP contribution < -0.4 is 4.74 Å². The first-order valence-corrected chi connectivity index (χ1v) is 4.66. The van der Waals surface area contributed by atoms with E-state index in [0.717, 1.165) is 0 Å². The summed E-state index contributed by atoms with van der Waals surface area (Å²) in [6.07, 6.45) is 0. The summed E-state index contributed by atoms with van der Waals surface area (Å²) in [5.74, 6) is -0.738. The topological polar surface area (TPSA) is 35.5 Å². The van der Waals surface area contributed by atoms with Crippen molar-refractivity contribution < 1.29 is 23.0 Å². The molecule has 1 aromatic rings. The molecular weight excluding hydrogens is 274 g/mol. The molecular formula is C9H7BrF2O3. The number of methoxy groups -OCH3 is 1. The summed E-state index contributed by atoms with van der Waals surface area (Å²) in [6, 6.07) is 5.33. The Morgan fingerprint density at radius 2 is 2.13 bits per heavy atom. The molecule has 0 atom stereocenters. The van der Waals surface area contributed by atoms with Crippen LogP contribution in [-0.4, -0.2) is 18.1 Å². The zero-order chi connectivity index (χ0) is 11.5. The molecule has 0 heterocycles. The highest BCUT2D eigenvalue weighted by Gasteiger charge is 2.26. The van der Waals surface area contributed by atoms with Crippen molar-refractivity contribution in [2.24, 2.45) is 0 Å². The van der Waals surface area contributed by atoms with Gasteiger partial charge < -0.3 is 9.47 Å². The zero-order valence-electron chi connectivity index (χ0n) is 7.67. The van der Waals surface area contributed by atoms with Gasteiger partial charge in [0.2, 0.25) is 0 Å². The van der Waals surface area contributed by atoms with Crippen LogP contribution in [0.1, 0.15) is 10.4 Å². The number of carbonyl (C=O) groups is 1. The molecule has 0 radical (unpaired) electrons. The van der Waals surface area contributed by atoms with Crippen LogP contribution >= 0.6 is 15.9 Å². The number of halogens is 3. The SMILES string of the molecule is COC(=O)c1cccc(OC(F)(F)Br)c1. The molecule has 3 nitrogen and oxygen atoms in total. The van der Waals surface area contributed by atoms with Gasteiger partial charge in [-0.3, -0.25) is 0 Å². The van der Waals surface area contributed by atoms with Gasteiger partial charge in [-0.2, -0.15) is 8.78 Å². The van der Waals surface area contributed by atoms with Crippen molar-refractivity contribution in [3.8, 4) is 5.75 Å². The van der Waals surface area contributed by atoms with Crippen molar-refractivity contribution >= 4 is 21.9 Å². The highest BCUT2D eigenvalue weighted by molar-refractivity contribution is 9.09. The first-order chi connectivity index (χ1) is 6.92. The lowest BCUT2D eigenvalue weighted by Gasteiger charge is -2.11. The normalized spacial score (nSPS) is 10.9. The summed E-state index contributed by atoms with van der Waals surface area (Å²) in [4.78, 5) is 11.1. The van der Waals surface area contributed by atoms with E-state index in [0.29, 0.717) is 0 Å². The number of rotatable bonds is 3. The lowest BCUT2D eigenvalue weighted by atomic mass is 10.2. The maximum absolute atomic E-state index is 12.4. The van der Waals surface area contributed by atoms with E-state index >= 15 is 0 Å². The molecule has 0 saturated carbocycles. The second-order valence-corrected chi connectivity index (χ2v) is 3.49. The Labute approximate surface area is 93.1 Å². The first kappa shape index (κ1) is 11.9. The van der Waals surface area contributed by atoms with E-state index < -0.39 is 11.0 Å². The lowest BCUT2D eigenvalue weighted by molar-refractivity contribution is -0.0803. The molecule has 0 unspecified atom stereocenters. The van der Waals surface area contributed by atoms with Gasteiger partial charge in [0.15, 0.2) is 0 Å². The Morgan fingerprint density at radius 1 is 1.47 bits per heavy atom. The number of ether oxygens (including phenoxy) is 2. The summed E-state index contributed by atoms with van der Waals surface area (Å²) in [7, 11) is 1.20. The number of carbonyl (C=O) groups excluding carboxylic acids is 1. The highest BCUT2D eigenvalue weighted by Crippen LogP contribution is 2.27. The van der Waals surface area contributed by atoms with Gasteiger partial charge in [-0.15, -0.1) is 0 Å². The van der Waals surface area contributed by atoms with Gasteiger partial charge in [0, 0.05) is 15.9 Å². The number of alkyl halides is 3. The van der Waals surface area contributed by atoms with Crippen molar-refractivity contribution in [2.75, 3.05) is 7.11 Å². The minimum Gasteiger partial charge on any atom is -0.465 e. The van der Waals surface area contributed by atoms with Crippen molar-refractivity contribution in [1.29, 1.82) is 0 Å². The third-order valence-electron chi connectivity index (χ3n) is 1.49. The van der Waals surface area contributed by atoms with Crippen molar-refractivity contribution in [2.45, 2.75) is 5.02 Å². The Morgan fingerprint density at radius 3 is 2.67 bits per heavy atom. The monoisotopic (exact) mass is 280 g/mol. The van der Waals surface area contributed by atoms with Crippen molar-refractivity contribution in [3.05, 3.63) is 29.8 Å². The van der Waals surface area contributed by atoms with Crippen molar-refractivity contribution in [3.63, 3.8) is 0 Å². The van der Waals surface area contributed by atoms with Crippen LogP contribution in [0.3, 0.4) is 0 Å². The molecule has 0 aliphatic carbocycles. The zero-order valence-corrected chi connectivity index (χ0v) is 9.25. The van der Waals surface area contributed by atoms with E-state index in [1.165, 1.54) is 31.4 Å². The second-order valence-electron chi connectivity index (χ2n) is 2.57. The van der Waals surface area contributed by atoms with E-state index in [1.807, 2.05) is 15.9 Å². The average Bonchev–Trinajstić information content (AvgIpc) is 2.14. The Hall–Kier alpha value is -1.17. The molecule has 0 amide bonds. The van der Waals surface area contributed by atoms with E-state index in [1.54, 1.807) is 0 Å². The maximum Gasteiger partial charge on any atom is 0.459 e. The Bertz CT molecular complexity index is 363. The lowest BCUT2D eigenvalue weighted by Crippen LogP contribution is -2.15. The number of benzene rings is 1. The molecule has 0 bridgehead atoms. The fourth-order valence-corrected chi connectivity index (χ4v) is 1.12. The van der Waals surface area contributed by atoms with Crippen LogP contribution in [0.4, 0.5) is 8.78 Å². The predicted octanol–water partition coefficient (Wildman–Crippen LogP) is 2.80. The molecule has 1 rings (SSSR count). The molecule has 0 aliphatic heterocycles. The minimum absolute atomic E-state index is 0.125. The molecule has 15 heavy (non-hydrogen) atoms. The van der Waals surface area contributed by atoms with E-state index in [9.17, 15) is 13.6 Å². The van der Waals surface area contributed by atoms with Crippen LogP contribution in [0.2, 0.25) is 0 Å². The molecule has 0 spiro atoms. The predicted molar refractivity (Wildman–Crippen MR) is 52.3 cm³/mol. The average molecular weight is 281 g/mol. The molecule has 0 aromatic heterocycles. The van der Waals surface area contributed by atoms with Gasteiger partial charge in [0.1, 0.15) is 5.75 Å². The number of esters is 1. The quantitative estimate of drug-likeness (QED) is 0.631. The minimum atomic E-state index is -3.46. The van der Waals surface area contributed by atoms with Crippen LogP contribution in [0, 0.1) is 0 Å². The van der Waals surface area contributed by atoms with Crippen LogP contribution in [-0.2, 0) is 4.74 Å². The second kappa shape index (κ2) is 4.57. The Balaban J connectivity index is 2.88. The molecule has 82 valence electrons. The van der Waals surface area contributed by atoms with Crippen LogP contribution in [0.5, 0.6) is 5.75 Å². The smallest absolute Gasteiger partial charge is 0.459 e. The van der Waals surface area contributed by atoms with Gasteiger partial charge in [0.05, 0.1) is 12.7 Å². The van der Waals surface area contributed by atoms with Crippen molar-refractivity contribution in [1.82, 2.24) is 0 Å². The number of hydrogen-bond acceptors (Lipinski definition) is 3. The molecule has 0 saturated heterocycles. The van der Waals surface area contributed by atoms with Gasteiger partial charge in [-0.05, 0) is 18.2 Å². The van der Waals surface area contributed by atoms with Crippen LogP contribution in [0.15, 0.2) is 24.3 Å². The maximum atomic E-state index is 12.4. The third kappa shape index (κ3) is 3.83. The van der Waals surface area contributed by atoms with Gasteiger partial charge in [-0.1, -0.05) is 6.07 Å². The van der Waals surface area contributed by atoms with Crippen LogP contribution in [0.25, 0.3) is 0 Å². The summed E-state index contributed by atoms with van der Waals surface area (Å²) < 4.78 is 33.4. The summed E-state index contributed by atoms with van der Waals surface area (Å²) in [5.41, 5.74) is 0.145. The summed E-state index contributed by atoms with van der Waals surface area (Å²) >= 11 is 2.02. The molecule has 0 N–H and O–H groups in total. The fraction of sp³-hybridized carbons (Fsp3) is 0.222. The van der Waals surface area contributed by atoms with Gasteiger partial charge >= 0.3 is 11.0 Å². The molecule has 6 heteroatoms. The first-order valence-electron chi connectivity index (χ1n) is 3.86. The van der Waals surface area contributed by atoms with E-state index in [-0.39, 0.29) is 11.3 Å². The van der Waals surface area contributed by atoms with E-state index in [2.05, 4.69) is 9.47 Å². The molecule has 1 aromatic carbocycles.